The summed E-state index contributed by atoms with van der Waals surface area (Å²) in [4.78, 5) is 0. The Labute approximate surface area is 83.3 Å². The van der Waals surface area contributed by atoms with Crippen molar-refractivity contribution in [2.45, 2.75) is 6.61 Å². The average Bonchev–Trinajstić information content (AvgIpc) is 2.63. The first kappa shape index (κ1) is 8.75. The second kappa shape index (κ2) is 3.92. The lowest BCUT2D eigenvalue weighted by atomic mass is 10.2. The topological polar surface area (TPSA) is 35.2 Å². The highest BCUT2D eigenvalue weighted by molar-refractivity contribution is 5.53. The lowest BCUT2D eigenvalue weighted by molar-refractivity contribution is 0.309. The molecule has 0 fully saturated rings. The summed E-state index contributed by atoms with van der Waals surface area (Å²) in [6.45, 7) is 0.565. The van der Waals surface area contributed by atoms with Gasteiger partial charge >= 0.3 is 0 Å². The highest BCUT2D eigenvalue weighted by Crippen LogP contribution is 2.22. The standard InChI is InChI=1S/C12H12NO/c13-11-7-4-8-12(11)14-9-10-5-2-1-3-6-10/h1-8H,9,13H2/q-1. The zero-order valence-electron chi connectivity index (χ0n) is 7.81. The van der Waals surface area contributed by atoms with Crippen LogP contribution >= 0.6 is 0 Å². The molecule has 2 aromatic carbocycles. The number of nitrogens with two attached hydrogens (primary N) is 1. The van der Waals surface area contributed by atoms with Crippen molar-refractivity contribution in [1.82, 2.24) is 0 Å². The molecule has 2 heteroatoms. The van der Waals surface area contributed by atoms with Gasteiger partial charge in [0.1, 0.15) is 6.61 Å². The number of rotatable bonds is 3. The summed E-state index contributed by atoms with van der Waals surface area (Å²) in [5, 5.41) is 0. The van der Waals surface area contributed by atoms with Gasteiger partial charge in [0.25, 0.3) is 0 Å². The minimum atomic E-state index is 0.565. The summed E-state index contributed by atoms with van der Waals surface area (Å²) in [6.07, 6.45) is 0. The number of ether oxygens (including phenoxy) is 1. The van der Waals surface area contributed by atoms with Crippen LogP contribution in [0.3, 0.4) is 0 Å². The van der Waals surface area contributed by atoms with Crippen molar-refractivity contribution in [2.24, 2.45) is 0 Å². The molecule has 2 aromatic rings. The molecule has 2 rings (SSSR count). The largest absolute Gasteiger partial charge is 0.513 e. The maximum Gasteiger partial charge on any atom is 0.110 e. The quantitative estimate of drug-likeness (QED) is 0.748. The van der Waals surface area contributed by atoms with Gasteiger partial charge in [-0.3, -0.25) is 0 Å². The highest BCUT2D eigenvalue weighted by Gasteiger charge is 1.93. The van der Waals surface area contributed by atoms with Crippen LogP contribution < -0.4 is 10.5 Å². The van der Waals surface area contributed by atoms with E-state index in [1.807, 2.05) is 48.5 Å². The first-order valence-electron chi connectivity index (χ1n) is 4.54. The van der Waals surface area contributed by atoms with Crippen LogP contribution in [0, 0.1) is 0 Å². The predicted molar refractivity (Wildman–Crippen MR) is 57.2 cm³/mol. The van der Waals surface area contributed by atoms with Gasteiger partial charge in [0, 0.05) is 5.75 Å². The van der Waals surface area contributed by atoms with E-state index in [0.29, 0.717) is 12.3 Å². The molecule has 0 aliphatic heterocycles. The van der Waals surface area contributed by atoms with Gasteiger partial charge in [0.15, 0.2) is 0 Å². The summed E-state index contributed by atoms with van der Waals surface area (Å²) < 4.78 is 5.54. The van der Waals surface area contributed by atoms with E-state index >= 15 is 0 Å². The van der Waals surface area contributed by atoms with E-state index in [0.717, 1.165) is 11.3 Å². The van der Waals surface area contributed by atoms with Crippen LogP contribution in [0.25, 0.3) is 0 Å². The summed E-state index contributed by atoms with van der Waals surface area (Å²) in [7, 11) is 0. The first-order valence-corrected chi connectivity index (χ1v) is 4.54. The normalized spacial score (nSPS) is 10.0. The molecule has 0 aliphatic rings. The van der Waals surface area contributed by atoms with E-state index in [1.54, 1.807) is 0 Å². The van der Waals surface area contributed by atoms with Crippen LogP contribution in [0.15, 0.2) is 48.5 Å². The van der Waals surface area contributed by atoms with Crippen molar-refractivity contribution in [2.75, 3.05) is 5.73 Å². The fourth-order valence-electron chi connectivity index (χ4n) is 1.28. The van der Waals surface area contributed by atoms with Crippen LogP contribution in [-0.2, 0) is 6.61 Å². The van der Waals surface area contributed by atoms with E-state index in [2.05, 4.69) is 0 Å². The zero-order chi connectivity index (χ0) is 9.80. The monoisotopic (exact) mass is 186 g/mol. The van der Waals surface area contributed by atoms with Gasteiger partial charge < -0.3 is 10.5 Å². The van der Waals surface area contributed by atoms with Crippen molar-refractivity contribution < 1.29 is 4.74 Å². The third kappa shape index (κ3) is 1.91. The molecule has 0 aliphatic carbocycles. The molecular formula is C12H12NO-. The lowest BCUT2D eigenvalue weighted by Gasteiger charge is -2.09. The maximum absolute atomic E-state index is 5.68. The minimum Gasteiger partial charge on any atom is -0.513 e. The third-order valence-electron chi connectivity index (χ3n) is 2.05. The molecule has 0 heterocycles. The van der Waals surface area contributed by atoms with Crippen molar-refractivity contribution in [3.05, 3.63) is 54.1 Å². The van der Waals surface area contributed by atoms with E-state index in [-0.39, 0.29) is 0 Å². The van der Waals surface area contributed by atoms with Gasteiger partial charge in [0.05, 0.1) is 0 Å². The van der Waals surface area contributed by atoms with Gasteiger partial charge in [-0.15, -0.1) is 0 Å². The molecule has 2 N–H and O–H groups in total. The minimum absolute atomic E-state index is 0.565. The molecule has 0 spiro atoms. The Morgan fingerprint density at radius 1 is 1.07 bits per heavy atom. The van der Waals surface area contributed by atoms with Crippen LogP contribution in [0.1, 0.15) is 5.56 Å². The average molecular weight is 186 g/mol. The Morgan fingerprint density at radius 3 is 2.50 bits per heavy atom. The molecule has 0 bridgehead atoms. The summed E-state index contributed by atoms with van der Waals surface area (Å²) in [5.74, 6) is 0.758. The molecule has 0 saturated heterocycles. The number of hydrogen-bond acceptors (Lipinski definition) is 2. The van der Waals surface area contributed by atoms with Crippen molar-refractivity contribution in [3.63, 3.8) is 0 Å². The fourth-order valence-corrected chi connectivity index (χ4v) is 1.28. The Kier molecular flexibility index (Phi) is 2.45. The van der Waals surface area contributed by atoms with Crippen molar-refractivity contribution in [3.8, 4) is 5.75 Å². The van der Waals surface area contributed by atoms with Crippen molar-refractivity contribution in [1.29, 1.82) is 0 Å². The SMILES string of the molecule is N[c-]1cccc1OCc1ccccc1. The Bertz CT molecular complexity index is 392. The van der Waals surface area contributed by atoms with Crippen LogP contribution in [-0.4, -0.2) is 0 Å². The Hall–Kier alpha value is -1.83. The summed E-state index contributed by atoms with van der Waals surface area (Å²) >= 11 is 0. The molecule has 2 nitrogen and oxygen atoms in total. The van der Waals surface area contributed by atoms with Crippen LogP contribution in [0.5, 0.6) is 5.75 Å². The van der Waals surface area contributed by atoms with Crippen LogP contribution in [0.2, 0.25) is 0 Å². The summed E-state index contributed by atoms with van der Waals surface area (Å²) in [6, 6.07) is 15.6. The molecular weight excluding hydrogens is 174 g/mol. The molecule has 0 radical (unpaired) electrons. The van der Waals surface area contributed by atoms with Gasteiger partial charge in [-0.05, 0) is 11.3 Å². The fraction of sp³-hybridized carbons (Fsp3) is 0.0833. The zero-order valence-corrected chi connectivity index (χ0v) is 7.81. The molecule has 0 saturated carbocycles. The molecule has 14 heavy (non-hydrogen) atoms. The second-order valence-corrected chi connectivity index (χ2v) is 3.12. The second-order valence-electron chi connectivity index (χ2n) is 3.12. The van der Waals surface area contributed by atoms with Gasteiger partial charge in [0.2, 0.25) is 0 Å². The van der Waals surface area contributed by atoms with Gasteiger partial charge in [-0.25, -0.2) is 6.07 Å². The van der Waals surface area contributed by atoms with E-state index in [9.17, 15) is 0 Å². The van der Waals surface area contributed by atoms with E-state index in [4.69, 9.17) is 10.5 Å². The molecule has 0 unspecified atom stereocenters. The number of hydrogen-bond donors (Lipinski definition) is 1. The lowest BCUT2D eigenvalue weighted by Crippen LogP contribution is -1.96. The predicted octanol–water partition coefficient (Wildman–Crippen LogP) is 2.57. The number of nitrogen functional groups attached to an aromatic ring is 1. The van der Waals surface area contributed by atoms with E-state index in [1.165, 1.54) is 0 Å². The molecule has 0 aromatic heterocycles. The molecule has 0 atom stereocenters. The first-order chi connectivity index (χ1) is 6.86. The Balaban J connectivity index is 1.99. The highest BCUT2D eigenvalue weighted by atomic mass is 16.5. The molecule has 0 amide bonds. The Morgan fingerprint density at radius 2 is 1.86 bits per heavy atom. The van der Waals surface area contributed by atoms with Gasteiger partial charge in [-0.2, -0.15) is 12.1 Å². The molecule has 72 valence electrons. The van der Waals surface area contributed by atoms with Gasteiger partial charge in [-0.1, -0.05) is 30.3 Å². The summed E-state index contributed by atoms with van der Waals surface area (Å²) in [5.41, 5.74) is 7.52. The van der Waals surface area contributed by atoms with E-state index < -0.39 is 0 Å². The maximum atomic E-state index is 5.68. The number of anilines is 1. The van der Waals surface area contributed by atoms with Crippen LogP contribution in [0.4, 0.5) is 5.69 Å². The number of benzene rings is 1. The smallest absolute Gasteiger partial charge is 0.110 e. The third-order valence-corrected chi connectivity index (χ3v) is 2.05. The van der Waals surface area contributed by atoms with Crippen molar-refractivity contribution >= 4 is 5.69 Å².